The molecule has 2 aromatic carbocycles. The molecule has 0 aromatic heterocycles. The van der Waals surface area contributed by atoms with E-state index in [-0.39, 0.29) is 35.5 Å². The van der Waals surface area contributed by atoms with Gasteiger partial charge in [0.25, 0.3) is 0 Å². The zero-order valence-corrected chi connectivity index (χ0v) is 40.2. The normalized spacial score (nSPS) is 20.0. The SMILES string of the molecule is C=CCCCCC(=O)N[C@H](C(=O)N[C@@H](Cc1cccc(I)c1)C(=O)OC)C1CCCCC1.COC(=O)[C@@H]1Cc2cccc(c2)C=CCCCCCC(=O)N[C@@H](C2CCCCC2)C(=O)N1. The fraction of sp³-hybridized carbons (Fsp3) is 0.569. The van der Waals surface area contributed by atoms with Gasteiger partial charge in [-0.1, -0.05) is 99.6 Å². The van der Waals surface area contributed by atoms with Gasteiger partial charge < -0.3 is 30.7 Å². The van der Waals surface area contributed by atoms with Crippen molar-refractivity contribution in [1.29, 1.82) is 0 Å². The van der Waals surface area contributed by atoms with E-state index in [0.29, 0.717) is 25.7 Å². The number of carbonyl (C=O) groups is 6. The summed E-state index contributed by atoms with van der Waals surface area (Å²) in [6, 6.07) is 12.9. The average Bonchev–Trinajstić information content (AvgIpc) is 3.30. The predicted octanol–water partition coefficient (Wildman–Crippen LogP) is 8.23. The first kappa shape index (κ1) is 52.1. The minimum Gasteiger partial charge on any atom is -0.467 e. The molecule has 350 valence electrons. The summed E-state index contributed by atoms with van der Waals surface area (Å²) in [6.07, 6.45) is 24.0. The Bertz CT molecular complexity index is 1860. The minimum atomic E-state index is -0.804. The van der Waals surface area contributed by atoms with Crippen molar-refractivity contribution in [3.63, 3.8) is 0 Å². The van der Waals surface area contributed by atoms with Gasteiger partial charge in [-0.25, -0.2) is 9.59 Å². The van der Waals surface area contributed by atoms with E-state index >= 15 is 0 Å². The van der Waals surface area contributed by atoms with Crippen molar-refractivity contribution in [3.8, 4) is 0 Å². The molecule has 4 amide bonds. The van der Waals surface area contributed by atoms with Crippen LogP contribution in [0.3, 0.4) is 0 Å². The second kappa shape index (κ2) is 29.1. The first-order valence-corrected chi connectivity index (χ1v) is 24.5. The summed E-state index contributed by atoms with van der Waals surface area (Å²) < 4.78 is 11.0. The quantitative estimate of drug-likeness (QED) is 0.0636. The highest BCUT2D eigenvalue weighted by molar-refractivity contribution is 14.1. The number of halogens is 1. The molecule has 13 heteroatoms. The fourth-order valence-corrected chi connectivity index (χ4v) is 9.50. The average molecular weight is 995 g/mol. The van der Waals surface area contributed by atoms with Crippen LogP contribution in [-0.4, -0.2) is 74.0 Å². The second-order valence-electron chi connectivity index (χ2n) is 17.4. The van der Waals surface area contributed by atoms with Crippen LogP contribution < -0.4 is 21.3 Å². The van der Waals surface area contributed by atoms with Crippen molar-refractivity contribution < 1.29 is 38.2 Å². The van der Waals surface area contributed by atoms with Crippen LogP contribution in [0.25, 0.3) is 6.08 Å². The van der Waals surface area contributed by atoms with Crippen molar-refractivity contribution >= 4 is 64.2 Å². The van der Waals surface area contributed by atoms with Crippen LogP contribution >= 0.6 is 22.6 Å². The highest BCUT2D eigenvalue weighted by Crippen LogP contribution is 2.28. The van der Waals surface area contributed by atoms with Crippen molar-refractivity contribution in [2.45, 2.75) is 159 Å². The van der Waals surface area contributed by atoms with E-state index < -0.39 is 36.1 Å². The fourth-order valence-electron chi connectivity index (χ4n) is 8.89. The molecule has 0 radical (unpaired) electrons. The molecular formula is C51H71IN4O8. The van der Waals surface area contributed by atoms with Gasteiger partial charge in [-0.05, 0) is 127 Å². The van der Waals surface area contributed by atoms with Crippen LogP contribution in [0.5, 0.6) is 0 Å². The summed E-state index contributed by atoms with van der Waals surface area (Å²) in [5.74, 6) is -1.60. The summed E-state index contributed by atoms with van der Waals surface area (Å²) >= 11 is 2.22. The molecule has 4 N–H and O–H groups in total. The maximum atomic E-state index is 13.3. The van der Waals surface area contributed by atoms with Crippen LogP contribution in [0.15, 0.2) is 67.3 Å². The Labute approximate surface area is 394 Å². The Morgan fingerprint density at radius 2 is 1.56 bits per heavy atom. The van der Waals surface area contributed by atoms with Gasteiger partial charge >= 0.3 is 11.9 Å². The number of nitrogens with one attached hydrogen (secondary N) is 4. The van der Waals surface area contributed by atoms with E-state index in [1.165, 1.54) is 14.2 Å². The molecule has 12 nitrogen and oxygen atoms in total. The van der Waals surface area contributed by atoms with Crippen molar-refractivity contribution in [3.05, 3.63) is 87.5 Å². The van der Waals surface area contributed by atoms with Crippen LogP contribution in [0.4, 0.5) is 0 Å². The Hall–Kier alpha value is -4.53. The Morgan fingerprint density at radius 3 is 2.27 bits per heavy atom. The molecule has 0 spiro atoms. The van der Waals surface area contributed by atoms with Gasteiger partial charge in [0.2, 0.25) is 23.6 Å². The zero-order valence-electron chi connectivity index (χ0n) is 38.0. The predicted molar refractivity (Wildman–Crippen MR) is 259 cm³/mol. The lowest BCUT2D eigenvalue weighted by molar-refractivity contribution is -0.146. The van der Waals surface area contributed by atoms with Crippen LogP contribution in [-0.2, 0) is 51.1 Å². The Kier molecular flexibility index (Phi) is 23.7. The lowest BCUT2D eigenvalue weighted by Crippen LogP contribution is -2.55. The number of allylic oxidation sites excluding steroid dienone is 2. The minimum absolute atomic E-state index is 0.0804. The van der Waals surface area contributed by atoms with E-state index in [1.54, 1.807) is 0 Å². The number of hydrogen-bond acceptors (Lipinski definition) is 8. The molecule has 2 aliphatic carbocycles. The third-order valence-corrected chi connectivity index (χ3v) is 13.1. The summed E-state index contributed by atoms with van der Waals surface area (Å²) in [7, 11) is 2.65. The van der Waals surface area contributed by atoms with Crippen molar-refractivity contribution in [1.82, 2.24) is 21.3 Å². The summed E-state index contributed by atoms with van der Waals surface area (Å²) in [4.78, 5) is 76.7. The number of benzene rings is 2. The van der Waals surface area contributed by atoms with E-state index in [0.717, 1.165) is 129 Å². The topological polar surface area (TPSA) is 169 Å². The molecule has 2 bridgehead atoms. The van der Waals surface area contributed by atoms with Crippen LogP contribution in [0.1, 0.15) is 139 Å². The Balaban J connectivity index is 0.000000281. The first-order valence-electron chi connectivity index (χ1n) is 23.5. The van der Waals surface area contributed by atoms with E-state index in [2.05, 4.69) is 62.6 Å². The number of rotatable bonds is 14. The monoisotopic (exact) mass is 994 g/mol. The van der Waals surface area contributed by atoms with Gasteiger partial charge in [0.1, 0.15) is 24.2 Å². The molecule has 0 unspecified atom stereocenters. The number of unbranched alkanes of at least 4 members (excludes halogenated alkanes) is 2. The maximum absolute atomic E-state index is 13.3. The molecule has 4 atom stereocenters. The molecule has 1 aliphatic heterocycles. The third-order valence-electron chi connectivity index (χ3n) is 12.4. The molecular weight excluding hydrogens is 923 g/mol. The molecule has 1 heterocycles. The molecule has 3 aliphatic rings. The number of amides is 4. The molecule has 64 heavy (non-hydrogen) atoms. The smallest absolute Gasteiger partial charge is 0.328 e. The van der Waals surface area contributed by atoms with Crippen molar-refractivity contribution in [2.24, 2.45) is 11.8 Å². The molecule has 5 rings (SSSR count). The highest BCUT2D eigenvalue weighted by atomic mass is 127. The van der Waals surface area contributed by atoms with Crippen LogP contribution in [0.2, 0.25) is 0 Å². The number of esters is 2. The largest absolute Gasteiger partial charge is 0.467 e. The van der Waals surface area contributed by atoms with E-state index in [9.17, 15) is 28.8 Å². The Morgan fingerprint density at radius 1 is 0.844 bits per heavy atom. The number of fused-ring (bicyclic) bond motifs is 2. The second-order valence-corrected chi connectivity index (χ2v) is 18.6. The standard InChI is InChI=1S/C26H36N2O4.C25H35IN2O4/c1-32-26(31)22-18-20-13-10-12-19(17-20)11-6-3-2-4-9-16-23(29)28-24(25(30)27-22)21-14-7-5-8-15-21;1-3-4-5-9-15-22(29)28-23(19-12-7-6-8-13-19)24(30)27-21(25(31)32-2)17-18-11-10-14-20(26)16-18/h6,10-13,17,21-22,24H,2-5,7-9,14-16,18H2,1H3,(H,27,30)(H,28,29);3,10-11,14,16,19,21,23H,1,4-9,12-13,15,17H2,2H3,(H,27,30)(H,28,29)/t22-,24-;21-,23-/m00/s1. The van der Waals surface area contributed by atoms with E-state index in [4.69, 9.17) is 9.47 Å². The van der Waals surface area contributed by atoms with Gasteiger partial charge in [0.15, 0.2) is 0 Å². The number of hydrogen-bond donors (Lipinski definition) is 4. The summed E-state index contributed by atoms with van der Waals surface area (Å²) in [5.41, 5.74) is 2.96. The number of methoxy groups -OCH3 is 2. The maximum Gasteiger partial charge on any atom is 0.328 e. The first-order chi connectivity index (χ1) is 31.0. The summed E-state index contributed by atoms with van der Waals surface area (Å²) in [6.45, 7) is 3.70. The van der Waals surface area contributed by atoms with E-state index in [1.807, 2.05) is 54.6 Å². The van der Waals surface area contributed by atoms with Crippen molar-refractivity contribution in [2.75, 3.05) is 14.2 Å². The molecule has 0 saturated heterocycles. The molecule has 2 saturated carbocycles. The molecule has 2 aromatic rings. The highest BCUT2D eigenvalue weighted by Gasteiger charge is 2.35. The van der Waals surface area contributed by atoms with Gasteiger partial charge in [-0.15, -0.1) is 6.58 Å². The van der Waals surface area contributed by atoms with Gasteiger partial charge in [0, 0.05) is 29.3 Å². The third kappa shape index (κ3) is 18.5. The molecule has 2 fully saturated rings. The lowest BCUT2D eigenvalue weighted by atomic mass is 9.83. The van der Waals surface area contributed by atoms with Crippen LogP contribution in [0, 0.1) is 15.4 Å². The van der Waals surface area contributed by atoms with Gasteiger partial charge in [-0.2, -0.15) is 0 Å². The number of carbonyl (C=O) groups excluding carboxylic acids is 6. The summed E-state index contributed by atoms with van der Waals surface area (Å²) in [5, 5.41) is 11.7. The number of ether oxygens (including phenoxy) is 2. The van der Waals surface area contributed by atoms with Gasteiger partial charge in [-0.3, -0.25) is 19.2 Å². The zero-order chi connectivity index (χ0) is 46.1. The van der Waals surface area contributed by atoms with Gasteiger partial charge in [0.05, 0.1) is 14.2 Å². The lowest BCUT2D eigenvalue weighted by Gasteiger charge is -2.31.